The molecule has 1 amide bonds. The third-order valence-electron chi connectivity index (χ3n) is 4.25. The molecule has 0 unspecified atom stereocenters. The number of carbonyl (C=O) groups excluding carboxylic acids is 1. The highest BCUT2D eigenvalue weighted by Crippen LogP contribution is 2.29. The predicted octanol–water partition coefficient (Wildman–Crippen LogP) is 3.94. The molecule has 0 saturated carbocycles. The maximum Gasteiger partial charge on any atom is 0.233 e. The van der Waals surface area contributed by atoms with Gasteiger partial charge in [0.25, 0.3) is 0 Å². The minimum absolute atomic E-state index is 0.0850. The van der Waals surface area contributed by atoms with E-state index >= 15 is 0 Å². The van der Waals surface area contributed by atoms with Crippen LogP contribution in [0.15, 0.2) is 53.7 Å². The van der Waals surface area contributed by atoms with Crippen molar-refractivity contribution in [2.45, 2.75) is 23.9 Å². The highest BCUT2D eigenvalue weighted by atomic mass is 35.5. The van der Waals surface area contributed by atoms with Crippen LogP contribution in [0.4, 0.5) is 0 Å². The Morgan fingerprint density at radius 3 is 2.68 bits per heavy atom. The Bertz CT molecular complexity index is 976. The van der Waals surface area contributed by atoms with Crippen LogP contribution in [0.25, 0.3) is 11.4 Å². The summed E-state index contributed by atoms with van der Waals surface area (Å²) in [5, 5.41) is 12.3. The first-order valence-electron chi connectivity index (χ1n) is 8.71. The van der Waals surface area contributed by atoms with Crippen molar-refractivity contribution in [3.63, 3.8) is 0 Å². The van der Waals surface area contributed by atoms with E-state index in [9.17, 15) is 4.79 Å². The number of ether oxygens (including phenoxy) is 1. The van der Waals surface area contributed by atoms with Gasteiger partial charge in [-0.2, -0.15) is 0 Å². The number of rotatable bonds is 7. The summed E-state index contributed by atoms with van der Waals surface area (Å²) in [5.41, 5.74) is 1.73. The zero-order chi connectivity index (χ0) is 20.1. The molecule has 1 heterocycles. The van der Waals surface area contributed by atoms with Gasteiger partial charge in [0.1, 0.15) is 5.75 Å². The third kappa shape index (κ3) is 4.48. The number of halogens is 1. The van der Waals surface area contributed by atoms with Crippen LogP contribution in [0.3, 0.4) is 0 Å². The topological polar surface area (TPSA) is 69.0 Å². The molecule has 2 aromatic carbocycles. The molecule has 0 spiro atoms. The largest absolute Gasteiger partial charge is 0.496 e. The van der Waals surface area contributed by atoms with E-state index < -0.39 is 0 Å². The van der Waals surface area contributed by atoms with Crippen molar-refractivity contribution in [2.24, 2.45) is 7.05 Å². The Morgan fingerprint density at radius 1 is 1.21 bits per heavy atom. The van der Waals surface area contributed by atoms with Gasteiger partial charge in [-0.15, -0.1) is 10.2 Å². The molecule has 0 aliphatic carbocycles. The van der Waals surface area contributed by atoms with Gasteiger partial charge < -0.3 is 14.6 Å². The molecule has 8 heteroatoms. The molecule has 28 heavy (non-hydrogen) atoms. The summed E-state index contributed by atoms with van der Waals surface area (Å²) in [6.45, 7) is 2.24. The smallest absolute Gasteiger partial charge is 0.233 e. The van der Waals surface area contributed by atoms with Crippen LogP contribution in [-0.2, 0) is 18.4 Å². The summed E-state index contributed by atoms with van der Waals surface area (Å²) < 4.78 is 7.16. The molecule has 0 bridgehead atoms. The zero-order valence-corrected chi connectivity index (χ0v) is 17.4. The normalized spacial score (nSPS) is 11.9. The van der Waals surface area contributed by atoms with Gasteiger partial charge >= 0.3 is 0 Å². The number of methoxy groups -OCH3 is 1. The van der Waals surface area contributed by atoms with Crippen LogP contribution in [0.2, 0.25) is 5.02 Å². The highest BCUT2D eigenvalue weighted by molar-refractivity contribution is 8.00. The molecule has 3 rings (SSSR count). The second-order valence-electron chi connectivity index (χ2n) is 6.13. The Balaban J connectivity index is 1.65. The van der Waals surface area contributed by atoms with Crippen molar-refractivity contribution in [1.29, 1.82) is 0 Å². The molecule has 3 aromatic rings. The number of hydrogen-bond donors (Lipinski definition) is 1. The van der Waals surface area contributed by atoms with Crippen molar-refractivity contribution in [3.05, 3.63) is 59.1 Å². The Hall–Kier alpha value is -2.51. The van der Waals surface area contributed by atoms with Gasteiger partial charge in [-0.25, -0.2) is 0 Å². The van der Waals surface area contributed by atoms with Crippen molar-refractivity contribution < 1.29 is 9.53 Å². The van der Waals surface area contributed by atoms with Crippen LogP contribution >= 0.6 is 23.4 Å². The van der Waals surface area contributed by atoms with Gasteiger partial charge in [-0.05, 0) is 25.1 Å². The molecule has 1 atom stereocenters. The van der Waals surface area contributed by atoms with Crippen LogP contribution < -0.4 is 10.1 Å². The lowest BCUT2D eigenvalue weighted by atomic mass is 10.2. The fraction of sp³-hybridized carbons (Fsp3) is 0.250. The third-order valence-corrected chi connectivity index (χ3v) is 5.71. The Kier molecular flexibility index (Phi) is 6.59. The SMILES string of the molecule is COc1ccccc1CNC(=O)[C@H](C)Sc1nnc(-c2ccccc2Cl)n1C. The van der Waals surface area contributed by atoms with Gasteiger partial charge in [-0.1, -0.05) is 53.7 Å². The maximum absolute atomic E-state index is 12.5. The van der Waals surface area contributed by atoms with Crippen LogP contribution in [-0.4, -0.2) is 33.0 Å². The van der Waals surface area contributed by atoms with Crippen LogP contribution in [0.1, 0.15) is 12.5 Å². The van der Waals surface area contributed by atoms with E-state index in [0.717, 1.165) is 16.9 Å². The lowest BCUT2D eigenvalue weighted by Crippen LogP contribution is -2.30. The summed E-state index contributed by atoms with van der Waals surface area (Å²) in [6.07, 6.45) is 0. The number of para-hydroxylation sites is 1. The number of hydrogen-bond acceptors (Lipinski definition) is 5. The second kappa shape index (κ2) is 9.12. The number of amides is 1. The maximum atomic E-state index is 12.5. The monoisotopic (exact) mass is 416 g/mol. The summed E-state index contributed by atoms with van der Waals surface area (Å²) >= 11 is 7.61. The summed E-state index contributed by atoms with van der Waals surface area (Å²) in [6, 6.07) is 15.1. The van der Waals surface area contributed by atoms with E-state index in [4.69, 9.17) is 16.3 Å². The number of aromatic nitrogens is 3. The van der Waals surface area contributed by atoms with Crippen molar-refractivity contribution in [2.75, 3.05) is 7.11 Å². The van der Waals surface area contributed by atoms with E-state index in [0.29, 0.717) is 22.5 Å². The van der Waals surface area contributed by atoms with E-state index in [1.807, 2.05) is 67.1 Å². The molecule has 0 saturated heterocycles. The quantitative estimate of drug-likeness (QED) is 0.591. The molecule has 0 aliphatic heterocycles. The highest BCUT2D eigenvalue weighted by Gasteiger charge is 2.20. The number of carbonyl (C=O) groups is 1. The minimum atomic E-state index is -0.336. The lowest BCUT2D eigenvalue weighted by molar-refractivity contribution is -0.120. The van der Waals surface area contributed by atoms with Crippen LogP contribution in [0, 0.1) is 0 Å². The predicted molar refractivity (Wildman–Crippen MR) is 112 cm³/mol. The average molecular weight is 417 g/mol. The number of thioether (sulfide) groups is 1. The number of nitrogens with one attached hydrogen (secondary N) is 1. The van der Waals surface area contributed by atoms with E-state index in [1.54, 1.807) is 7.11 Å². The minimum Gasteiger partial charge on any atom is -0.496 e. The first kappa shape index (κ1) is 20.2. The molecule has 1 aromatic heterocycles. The standard InChI is InChI=1S/C20H21ClN4O2S/c1-13(19(26)22-12-14-8-4-7-11-17(14)27-3)28-20-24-23-18(25(20)2)15-9-5-6-10-16(15)21/h4-11,13H,12H2,1-3H3,(H,22,26)/t13-/m0/s1. The van der Waals surface area contributed by atoms with Gasteiger partial charge in [0, 0.05) is 24.7 Å². The first-order valence-corrected chi connectivity index (χ1v) is 9.97. The molecule has 0 radical (unpaired) electrons. The van der Waals surface area contributed by atoms with Crippen LogP contribution in [0.5, 0.6) is 5.75 Å². The van der Waals surface area contributed by atoms with E-state index in [1.165, 1.54) is 11.8 Å². The van der Waals surface area contributed by atoms with Gasteiger partial charge in [0.05, 0.1) is 17.4 Å². The van der Waals surface area contributed by atoms with Crippen molar-refractivity contribution >= 4 is 29.3 Å². The van der Waals surface area contributed by atoms with Gasteiger partial charge in [0.15, 0.2) is 11.0 Å². The fourth-order valence-electron chi connectivity index (χ4n) is 2.68. The molecule has 1 N–H and O–H groups in total. The molecular weight excluding hydrogens is 396 g/mol. The summed E-state index contributed by atoms with van der Waals surface area (Å²) in [7, 11) is 3.48. The molecule has 0 fully saturated rings. The number of benzene rings is 2. The van der Waals surface area contributed by atoms with Gasteiger partial charge in [0.2, 0.25) is 5.91 Å². The van der Waals surface area contributed by atoms with Crippen molar-refractivity contribution in [3.8, 4) is 17.1 Å². The zero-order valence-electron chi connectivity index (χ0n) is 15.8. The van der Waals surface area contributed by atoms with E-state index in [-0.39, 0.29) is 11.2 Å². The molecule has 146 valence electrons. The summed E-state index contributed by atoms with van der Waals surface area (Å²) in [5.74, 6) is 1.33. The number of nitrogens with zero attached hydrogens (tertiary/aromatic N) is 3. The van der Waals surface area contributed by atoms with E-state index in [2.05, 4.69) is 15.5 Å². The fourth-order valence-corrected chi connectivity index (χ4v) is 3.74. The summed E-state index contributed by atoms with van der Waals surface area (Å²) in [4.78, 5) is 12.5. The van der Waals surface area contributed by atoms with Gasteiger partial charge in [-0.3, -0.25) is 4.79 Å². The first-order chi connectivity index (χ1) is 13.5. The average Bonchev–Trinajstić information content (AvgIpc) is 3.06. The van der Waals surface area contributed by atoms with Crippen molar-refractivity contribution in [1.82, 2.24) is 20.1 Å². The molecule has 6 nitrogen and oxygen atoms in total. The lowest BCUT2D eigenvalue weighted by Gasteiger charge is -2.13. The molecule has 0 aliphatic rings. The Morgan fingerprint density at radius 2 is 1.93 bits per heavy atom. The molecular formula is C20H21ClN4O2S. The second-order valence-corrected chi connectivity index (χ2v) is 7.85. The Labute approximate surface area is 173 Å².